The average molecular weight is 501 g/mol. The van der Waals surface area contributed by atoms with Gasteiger partial charge in [0.25, 0.3) is 0 Å². The van der Waals surface area contributed by atoms with E-state index in [1.165, 1.54) is 0 Å². The molecular formula is C27H37ClN4O3. The first-order chi connectivity index (χ1) is 16.9. The van der Waals surface area contributed by atoms with Crippen LogP contribution in [0.2, 0.25) is 5.02 Å². The molecule has 3 aromatic rings. The summed E-state index contributed by atoms with van der Waals surface area (Å²) < 4.78 is 12.9. The number of nitrogens with one attached hydrogen (secondary N) is 1. The lowest BCUT2D eigenvalue weighted by atomic mass is 9.91. The Morgan fingerprint density at radius 1 is 1.14 bits per heavy atom. The summed E-state index contributed by atoms with van der Waals surface area (Å²) in [4.78, 5) is 20.2. The van der Waals surface area contributed by atoms with Crippen LogP contribution in [-0.4, -0.2) is 60.1 Å². The zero-order chi connectivity index (χ0) is 25.4. The second-order valence-corrected chi connectivity index (χ2v) is 9.24. The Morgan fingerprint density at radius 2 is 1.83 bits per heavy atom. The molecule has 190 valence electrons. The van der Waals surface area contributed by atoms with E-state index >= 15 is 0 Å². The molecule has 7 nitrogen and oxygen atoms in total. The fourth-order valence-electron chi connectivity index (χ4n) is 4.41. The number of fused-ring (bicyclic) bond motifs is 1. The number of aromatic nitrogens is 2. The van der Waals surface area contributed by atoms with Crippen molar-refractivity contribution >= 4 is 23.2 Å². The number of ether oxygens (including phenoxy) is 2. The predicted molar refractivity (Wildman–Crippen MR) is 141 cm³/mol. The van der Waals surface area contributed by atoms with Crippen LogP contribution in [0.15, 0.2) is 42.7 Å². The quantitative estimate of drug-likeness (QED) is 0.351. The number of carbonyl (C=O) groups is 1. The predicted octanol–water partition coefficient (Wildman–Crippen LogP) is 5.15. The molecule has 2 atom stereocenters. The Kier molecular flexibility index (Phi) is 9.81. The van der Waals surface area contributed by atoms with Crippen LogP contribution < -0.4 is 14.8 Å². The van der Waals surface area contributed by atoms with E-state index in [9.17, 15) is 4.79 Å². The van der Waals surface area contributed by atoms with E-state index in [0.29, 0.717) is 16.5 Å². The summed E-state index contributed by atoms with van der Waals surface area (Å²) in [5, 5.41) is 3.79. The molecule has 1 aromatic carbocycles. The number of hydrogen-bond acceptors (Lipinski definition) is 5. The summed E-state index contributed by atoms with van der Waals surface area (Å²) in [7, 11) is 3.24. The third-order valence-electron chi connectivity index (χ3n) is 6.43. The van der Waals surface area contributed by atoms with E-state index in [2.05, 4.69) is 36.0 Å². The minimum atomic E-state index is -0.268. The molecule has 0 bridgehead atoms. The standard InChI is InChI=1S/C27H37ClN4O3/c1-6-31(7-2)12-8-9-19(3)30-27(33)16-24(20-13-22(34-4)15-23(14-20)35-5)25-17-29-26-11-10-21(28)18-32(25)26/h10-11,13-15,17-19,24H,6-9,12,16H2,1-5H3,(H,30,33). The largest absolute Gasteiger partial charge is 0.497 e. The Bertz CT molecular complexity index is 1090. The Labute approximate surface area is 213 Å². The molecule has 0 aliphatic rings. The number of pyridine rings is 1. The molecule has 2 unspecified atom stereocenters. The fraction of sp³-hybridized carbons (Fsp3) is 0.481. The third-order valence-corrected chi connectivity index (χ3v) is 6.66. The number of methoxy groups -OCH3 is 2. The van der Waals surface area contributed by atoms with Crippen molar-refractivity contribution in [1.82, 2.24) is 19.6 Å². The first kappa shape index (κ1) is 26.8. The average Bonchev–Trinajstić information content (AvgIpc) is 3.27. The molecular weight excluding hydrogens is 464 g/mol. The number of rotatable bonds is 13. The van der Waals surface area contributed by atoms with E-state index in [1.807, 2.05) is 47.1 Å². The van der Waals surface area contributed by atoms with Crippen LogP contribution in [-0.2, 0) is 4.79 Å². The first-order valence-corrected chi connectivity index (χ1v) is 12.6. The molecule has 2 heterocycles. The summed E-state index contributed by atoms with van der Waals surface area (Å²) >= 11 is 6.29. The fourth-order valence-corrected chi connectivity index (χ4v) is 4.57. The van der Waals surface area contributed by atoms with Crippen LogP contribution >= 0.6 is 11.6 Å². The highest BCUT2D eigenvalue weighted by atomic mass is 35.5. The van der Waals surface area contributed by atoms with Crippen molar-refractivity contribution in [3.05, 3.63) is 59.0 Å². The van der Waals surface area contributed by atoms with Gasteiger partial charge in [-0.3, -0.25) is 4.79 Å². The number of imidazole rings is 1. The summed E-state index contributed by atoms with van der Waals surface area (Å²) in [6.45, 7) is 9.56. The maximum absolute atomic E-state index is 13.2. The first-order valence-electron chi connectivity index (χ1n) is 12.3. The van der Waals surface area contributed by atoms with Gasteiger partial charge in [0.15, 0.2) is 0 Å². The van der Waals surface area contributed by atoms with E-state index in [0.717, 1.165) is 49.4 Å². The van der Waals surface area contributed by atoms with E-state index < -0.39 is 0 Å². The van der Waals surface area contributed by atoms with Gasteiger partial charge in [0.2, 0.25) is 5.91 Å². The molecule has 8 heteroatoms. The number of halogens is 1. The summed E-state index contributed by atoms with van der Waals surface area (Å²) in [5.41, 5.74) is 2.56. The molecule has 0 saturated heterocycles. The van der Waals surface area contributed by atoms with Crippen molar-refractivity contribution < 1.29 is 14.3 Å². The number of benzene rings is 1. The lowest BCUT2D eigenvalue weighted by Crippen LogP contribution is -2.34. The second kappa shape index (κ2) is 12.8. The Morgan fingerprint density at radius 3 is 2.46 bits per heavy atom. The van der Waals surface area contributed by atoms with Crippen LogP contribution in [0.3, 0.4) is 0 Å². The van der Waals surface area contributed by atoms with Crippen LogP contribution in [0.25, 0.3) is 5.65 Å². The molecule has 1 amide bonds. The minimum absolute atomic E-state index is 0.0101. The highest BCUT2D eigenvalue weighted by Gasteiger charge is 2.24. The van der Waals surface area contributed by atoms with Crippen LogP contribution in [0, 0.1) is 0 Å². The van der Waals surface area contributed by atoms with Crippen molar-refractivity contribution in [3.8, 4) is 11.5 Å². The van der Waals surface area contributed by atoms with Gasteiger partial charge >= 0.3 is 0 Å². The zero-order valence-electron chi connectivity index (χ0n) is 21.4. The molecule has 0 fully saturated rings. The summed E-state index contributed by atoms with van der Waals surface area (Å²) in [6.07, 6.45) is 5.88. The number of hydrogen-bond donors (Lipinski definition) is 1. The molecule has 0 aliphatic heterocycles. The monoisotopic (exact) mass is 500 g/mol. The molecule has 2 aromatic heterocycles. The molecule has 1 N–H and O–H groups in total. The van der Waals surface area contributed by atoms with Crippen molar-refractivity contribution in [1.29, 1.82) is 0 Å². The highest BCUT2D eigenvalue weighted by Crippen LogP contribution is 2.34. The topological polar surface area (TPSA) is 68.1 Å². The molecule has 35 heavy (non-hydrogen) atoms. The van der Waals surface area contributed by atoms with E-state index in [4.69, 9.17) is 21.1 Å². The van der Waals surface area contributed by atoms with Gasteiger partial charge in [0.1, 0.15) is 17.1 Å². The molecule has 0 radical (unpaired) electrons. The Balaban J connectivity index is 1.84. The normalized spacial score (nSPS) is 13.1. The van der Waals surface area contributed by atoms with Crippen molar-refractivity contribution in [2.45, 2.75) is 52.0 Å². The molecule has 0 saturated carbocycles. The van der Waals surface area contributed by atoms with Gasteiger partial charge in [0, 0.05) is 36.8 Å². The smallest absolute Gasteiger partial charge is 0.221 e. The van der Waals surface area contributed by atoms with Gasteiger partial charge in [-0.25, -0.2) is 4.98 Å². The van der Waals surface area contributed by atoms with Crippen molar-refractivity contribution in [3.63, 3.8) is 0 Å². The SMILES string of the molecule is CCN(CC)CCCC(C)NC(=O)CC(c1cc(OC)cc(OC)c1)c1cnc2ccc(Cl)cn12. The highest BCUT2D eigenvalue weighted by molar-refractivity contribution is 6.30. The summed E-state index contributed by atoms with van der Waals surface area (Å²) in [5.74, 6) is 1.06. The zero-order valence-corrected chi connectivity index (χ0v) is 22.1. The molecule has 3 rings (SSSR count). The van der Waals surface area contributed by atoms with E-state index in [1.54, 1.807) is 14.2 Å². The van der Waals surface area contributed by atoms with E-state index in [-0.39, 0.29) is 24.3 Å². The van der Waals surface area contributed by atoms with Crippen molar-refractivity contribution in [2.75, 3.05) is 33.9 Å². The van der Waals surface area contributed by atoms with Gasteiger partial charge in [-0.15, -0.1) is 0 Å². The van der Waals surface area contributed by atoms with Gasteiger partial charge in [0.05, 0.1) is 24.9 Å². The molecule has 0 aliphatic carbocycles. The molecule has 0 spiro atoms. The van der Waals surface area contributed by atoms with Gasteiger partial charge in [-0.1, -0.05) is 25.4 Å². The second-order valence-electron chi connectivity index (χ2n) is 8.80. The maximum atomic E-state index is 13.2. The van der Waals surface area contributed by atoms with Crippen LogP contribution in [0.1, 0.15) is 57.2 Å². The minimum Gasteiger partial charge on any atom is -0.497 e. The van der Waals surface area contributed by atoms with Crippen LogP contribution in [0.5, 0.6) is 11.5 Å². The lowest BCUT2D eigenvalue weighted by molar-refractivity contribution is -0.122. The lowest BCUT2D eigenvalue weighted by Gasteiger charge is -2.22. The number of carbonyl (C=O) groups excluding carboxylic acids is 1. The van der Waals surface area contributed by atoms with Gasteiger partial charge < -0.3 is 24.1 Å². The Hall–Kier alpha value is -2.77. The van der Waals surface area contributed by atoms with Gasteiger partial charge in [-0.2, -0.15) is 0 Å². The summed E-state index contributed by atoms with van der Waals surface area (Å²) in [6, 6.07) is 9.48. The van der Waals surface area contributed by atoms with Crippen LogP contribution in [0.4, 0.5) is 0 Å². The van der Waals surface area contributed by atoms with Crippen molar-refractivity contribution in [2.24, 2.45) is 0 Å². The third kappa shape index (κ3) is 7.12. The van der Waals surface area contributed by atoms with Gasteiger partial charge in [-0.05, 0) is 69.2 Å². The number of amides is 1. The maximum Gasteiger partial charge on any atom is 0.221 e. The number of nitrogens with zero attached hydrogens (tertiary/aromatic N) is 3.